The van der Waals surface area contributed by atoms with Crippen molar-refractivity contribution < 1.29 is 0 Å². The van der Waals surface area contributed by atoms with Crippen molar-refractivity contribution in [3.63, 3.8) is 0 Å². The Kier molecular flexibility index (Phi) is 3.69. The minimum atomic E-state index is 0.147. The van der Waals surface area contributed by atoms with Crippen molar-refractivity contribution in [2.75, 3.05) is 0 Å². The Labute approximate surface area is 131 Å². The molecule has 1 aromatic heterocycles. The molecule has 0 N–H and O–H groups in total. The molecule has 3 rings (SSSR count). The predicted molar refractivity (Wildman–Crippen MR) is 93.9 cm³/mol. The molecule has 0 bridgehead atoms. The highest BCUT2D eigenvalue weighted by Gasteiger charge is 2.19. The van der Waals surface area contributed by atoms with E-state index < -0.39 is 0 Å². The van der Waals surface area contributed by atoms with Gasteiger partial charge in [-0.15, -0.1) is 11.3 Å². The topological polar surface area (TPSA) is 0 Å². The van der Waals surface area contributed by atoms with Crippen LogP contribution in [0.25, 0.3) is 21.6 Å². The van der Waals surface area contributed by atoms with E-state index in [1.54, 1.807) is 0 Å². The molecule has 0 spiro atoms. The van der Waals surface area contributed by atoms with Crippen LogP contribution >= 0.6 is 11.3 Å². The van der Waals surface area contributed by atoms with Crippen molar-refractivity contribution in [1.82, 2.24) is 0 Å². The number of hydrogen-bond donors (Lipinski definition) is 0. The van der Waals surface area contributed by atoms with Crippen LogP contribution in [0.2, 0.25) is 0 Å². The molecule has 21 heavy (non-hydrogen) atoms. The van der Waals surface area contributed by atoms with E-state index in [9.17, 15) is 0 Å². The molecule has 106 valence electrons. The first kappa shape index (κ1) is 14.1. The average Bonchev–Trinajstić information content (AvgIpc) is 3.01. The van der Waals surface area contributed by atoms with Gasteiger partial charge in [0.05, 0.1) is 0 Å². The van der Waals surface area contributed by atoms with Gasteiger partial charge in [-0.1, -0.05) is 69.3 Å². The zero-order valence-electron chi connectivity index (χ0n) is 12.8. The van der Waals surface area contributed by atoms with Gasteiger partial charge in [-0.2, -0.15) is 0 Å². The van der Waals surface area contributed by atoms with E-state index in [1.165, 1.54) is 27.1 Å². The smallest absolute Gasteiger partial charge is 0.0345 e. The van der Waals surface area contributed by atoms with Gasteiger partial charge >= 0.3 is 0 Å². The lowest BCUT2D eigenvalue weighted by molar-refractivity contribution is 0.592. The minimum Gasteiger partial charge on any atom is -0.144 e. The standard InChI is InChI=1S/C20H20S/c1-20(2,3)18-12-11-16(15-8-5-4-6-9-15)14-17(18)19-10-7-13-21-19/h4-14H,1-3H3. The maximum Gasteiger partial charge on any atom is 0.0345 e. The lowest BCUT2D eigenvalue weighted by Crippen LogP contribution is -2.12. The molecule has 0 fully saturated rings. The van der Waals surface area contributed by atoms with Crippen molar-refractivity contribution in [3.05, 3.63) is 71.6 Å². The second kappa shape index (κ2) is 5.50. The molecule has 0 aliphatic heterocycles. The monoisotopic (exact) mass is 292 g/mol. The molecule has 0 aliphatic rings. The summed E-state index contributed by atoms with van der Waals surface area (Å²) in [6.45, 7) is 6.84. The molecular weight excluding hydrogens is 272 g/mol. The Morgan fingerprint density at radius 3 is 2.14 bits per heavy atom. The summed E-state index contributed by atoms with van der Waals surface area (Å²) < 4.78 is 0. The van der Waals surface area contributed by atoms with Gasteiger partial charge in [-0.25, -0.2) is 0 Å². The van der Waals surface area contributed by atoms with Crippen LogP contribution in [0.3, 0.4) is 0 Å². The summed E-state index contributed by atoms with van der Waals surface area (Å²) in [5.41, 5.74) is 5.47. The Hall–Kier alpha value is -1.86. The minimum absolute atomic E-state index is 0.147. The van der Waals surface area contributed by atoms with E-state index in [4.69, 9.17) is 0 Å². The fraction of sp³-hybridized carbons (Fsp3) is 0.200. The van der Waals surface area contributed by atoms with Gasteiger partial charge < -0.3 is 0 Å². The van der Waals surface area contributed by atoms with Crippen LogP contribution in [0.1, 0.15) is 26.3 Å². The number of rotatable bonds is 2. The van der Waals surface area contributed by atoms with Crippen molar-refractivity contribution in [2.45, 2.75) is 26.2 Å². The second-order valence-corrected chi connectivity index (χ2v) is 7.30. The van der Waals surface area contributed by atoms with Crippen LogP contribution in [-0.4, -0.2) is 0 Å². The maximum absolute atomic E-state index is 2.34. The number of thiophene rings is 1. The van der Waals surface area contributed by atoms with Crippen molar-refractivity contribution in [2.24, 2.45) is 0 Å². The van der Waals surface area contributed by atoms with Crippen LogP contribution < -0.4 is 0 Å². The Morgan fingerprint density at radius 2 is 1.52 bits per heavy atom. The first-order valence-corrected chi connectivity index (χ1v) is 8.17. The second-order valence-electron chi connectivity index (χ2n) is 6.35. The van der Waals surface area contributed by atoms with Crippen LogP contribution in [-0.2, 0) is 5.41 Å². The summed E-state index contributed by atoms with van der Waals surface area (Å²) >= 11 is 1.81. The average molecular weight is 292 g/mol. The third-order valence-electron chi connectivity index (χ3n) is 3.72. The summed E-state index contributed by atoms with van der Waals surface area (Å²) in [7, 11) is 0. The Morgan fingerprint density at radius 1 is 0.762 bits per heavy atom. The van der Waals surface area contributed by atoms with E-state index in [-0.39, 0.29) is 5.41 Å². The summed E-state index contributed by atoms with van der Waals surface area (Å²) in [6, 6.07) is 21.8. The zero-order valence-corrected chi connectivity index (χ0v) is 13.6. The SMILES string of the molecule is CC(C)(C)c1ccc(-c2ccccc2)cc1-c1cccs1. The first-order valence-electron chi connectivity index (χ1n) is 7.29. The summed E-state index contributed by atoms with van der Waals surface area (Å²) in [6.07, 6.45) is 0. The normalized spacial score (nSPS) is 11.6. The van der Waals surface area contributed by atoms with E-state index in [0.717, 1.165) is 0 Å². The number of hydrogen-bond acceptors (Lipinski definition) is 1. The molecule has 1 heterocycles. The van der Waals surface area contributed by atoms with E-state index in [2.05, 4.69) is 86.8 Å². The highest BCUT2D eigenvalue weighted by molar-refractivity contribution is 7.13. The van der Waals surface area contributed by atoms with Crippen molar-refractivity contribution in [3.8, 4) is 21.6 Å². The predicted octanol–water partition coefficient (Wildman–Crippen LogP) is 6.38. The highest BCUT2D eigenvalue weighted by atomic mass is 32.1. The van der Waals surface area contributed by atoms with Gasteiger partial charge in [-0.05, 0) is 45.2 Å². The first-order chi connectivity index (χ1) is 10.1. The zero-order chi connectivity index (χ0) is 14.9. The lowest BCUT2D eigenvalue weighted by atomic mass is 9.82. The third kappa shape index (κ3) is 2.93. The molecule has 0 unspecified atom stereocenters. The molecule has 0 nitrogen and oxygen atoms in total. The fourth-order valence-electron chi connectivity index (χ4n) is 2.64. The van der Waals surface area contributed by atoms with E-state index in [0.29, 0.717) is 0 Å². The Bertz CT molecular complexity index is 716. The van der Waals surface area contributed by atoms with Crippen LogP contribution in [0, 0.1) is 0 Å². The third-order valence-corrected chi connectivity index (χ3v) is 4.62. The summed E-state index contributed by atoms with van der Waals surface area (Å²) in [5, 5.41) is 2.15. The van der Waals surface area contributed by atoms with E-state index in [1.807, 2.05) is 11.3 Å². The summed E-state index contributed by atoms with van der Waals surface area (Å²) in [4.78, 5) is 1.35. The lowest BCUT2D eigenvalue weighted by Gasteiger charge is -2.23. The molecule has 0 aliphatic carbocycles. The van der Waals surface area contributed by atoms with Crippen molar-refractivity contribution in [1.29, 1.82) is 0 Å². The van der Waals surface area contributed by atoms with Gasteiger partial charge in [0.25, 0.3) is 0 Å². The van der Waals surface area contributed by atoms with Crippen LogP contribution in [0.15, 0.2) is 66.0 Å². The molecule has 1 heteroatoms. The molecular formula is C20H20S. The molecule has 2 aromatic carbocycles. The quantitative estimate of drug-likeness (QED) is 0.514. The van der Waals surface area contributed by atoms with Crippen LogP contribution in [0.5, 0.6) is 0 Å². The Balaban J connectivity index is 2.18. The molecule has 0 amide bonds. The van der Waals surface area contributed by atoms with Gasteiger partial charge in [0, 0.05) is 4.88 Å². The van der Waals surface area contributed by atoms with Gasteiger partial charge in [0.15, 0.2) is 0 Å². The van der Waals surface area contributed by atoms with Crippen LogP contribution in [0.4, 0.5) is 0 Å². The fourth-order valence-corrected chi connectivity index (χ4v) is 3.40. The van der Waals surface area contributed by atoms with Gasteiger partial charge in [0.2, 0.25) is 0 Å². The van der Waals surface area contributed by atoms with E-state index >= 15 is 0 Å². The summed E-state index contributed by atoms with van der Waals surface area (Å²) in [5.74, 6) is 0. The van der Waals surface area contributed by atoms with Gasteiger partial charge in [-0.3, -0.25) is 0 Å². The molecule has 0 saturated carbocycles. The largest absolute Gasteiger partial charge is 0.144 e. The van der Waals surface area contributed by atoms with Crippen molar-refractivity contribution >= 4 is 11.3 Å². The highest BCUT2D eigenvalue weighted by Crippen LogP contribution is 2.37. The molecule has 3 aromatic rings. The molecule has 0 radical (unpaired) electrons. The number of benzene rings is 2. The molecule has 0 atom stereocenters. The van der Waals surface area contributed by atoms with Gasteiger partial charge in [0.1, 0.15) is 0 Å². The maximum atomic E-state index is 2.34. The molecule has 0 saturated heterocycles.